The van der Waals surface area contributed by atoms with Gasteiger partial charge in [0.1, 0.15) is 0 Å². The molecule has 0 amide bonds. The van der Waals surface area contributed by atoms with Crippen LogP contribution in [0.5, 0.6) is 0 Å². The first-order chi connectivity index (χ1) is 4.81. The molecule has 0 unspecified atom stereocenters. The fraction of sp³-hybridized carbons (Fsp3) is 0.333. The minimum atomic E-state index is 0.510. The van der Waals surface area contributed by atoms with E-state index in [-0.39, 0.29) is 0 Å². The normalized spacial score (nSPS) is 8.90. The van der Waals surface area contributed by atoms with E-state index in [0.29, 0.717) is 17.7 Å². The van der Waals surface area contributed by atoms with Crippen LogP contribution in [0.15, 0.2) is 17.3 Å². The Morgan fingerprint density at radius 2 is 2.60 bits per heavy atom. The smallest absolute Gasteiger partial charge is 0.0876 e. The van der Waals surface area contributed by atoms with Gasteiger partial charge in [-0.3, -0.25) is 0 Å². The van der Waals surface area contributed by atoms with Gasteiger partial charge in [-0.2, -0.15) is 0 Å². The molecule has 2 nitrogen and oxygen atoms in total. The van der Waals surface area contributed by atoms with Gasteiger partial charge in [0, 0.05) is 17.5 Å². The van der Waals surface area contributed by atoms with Crippen LogP contribution in [0.2, 0.25) is 0 Å². The molecule has 0 saturated carbocycles. The van der Waals surface area contributed by atoms with Crippen molar-refractivity contribution in [2.45, 2.75) is 13.3 Å². The molecular weight excluding hydrogens is 166 g/mol. The van der Waals surface area contributed by atoms with Crippen LogP contribution < -0.4 is 0 Å². The van der Waals surface area contributed by atoms with Crippen LogP contribution in [0.25, 0.3) is 0 Å². The molecule has 0 bridgehead atoms. The van der Waals surface area contributed by atoms with Crippen molar-refractivity contribution in [2.24, 2.45) is 4.99 Å². The fourth-order valence-electron chi connectivity index (χ4n) is 0.336. The maximum Gasteiger partial charge on any atom is 0.0876 e. The zero-order valence-corrected chi connectivity index (χ0v) is 7.17. The zero-order chi connectivity index (χ0) is 7.82. The molecule has 10 heavy (non-hydrogen) atoms. The Labute approximate surface area is 68.7 Å². The van der Waals surface area contributed by atoms with E-state index < -0.39 is 0 Å². The molecule has 0 aromatic rings. The van der Waals surface area contributed by atoms with Gasteiger partial charge in [0.25, 0.3) is 0 Å². The molecule has 0 aromatic carbocycles. The molecule has 0 fully saturated rings. The summed E-state index contributed by atoms with van der Waals surface area (Å²) < 4.78 is 10.1. The van der Waals surface area contributed by atoms with Gasteiger partial charge < -0.3 is 0 Å². The second kappa shape index (κ2) is 6.55. The minimum absolute atomic E-state index is 0.510. The van der Waals surface area contributed by atoms with Gasteiger partial charge in [-0.1, -0.05) is 6.08 Å². The van der Waals surface area contributed by atoms with Crippen molar-refractivity contribution in [3.63, 3.8) is 0 Å². The minimum Gasteiger partial charge on any atom is -0.212 e. The quantitative estimate of drug-likeness (QED) is 0.477. The maximum absolute atomic E-state index is 10.1. The molecule has 0 saturated heterocycles. The fourth-order valence-corrected chi connectivity index (χ4v) is 0.561. The largest absolute Gasteiger partial charge is 0.212 e. The van der Waals surface area contributed by atoms with Crippen LogP contribution in [-0.4, -0.2) is 14.2 Å². The molecule has 0 radical (unpaired) electrons. The van der Waals surface area contributed by atoms with Crippen LogP contribution in [0, 0.1) is 0 Å². The summed E-state index contributed by atoms with van der Waals surface area (Å²) >= 11 is 4.83. The van der Waals surface area contributed by atoms with Crippen molar-refractivity contribution in [2.75, 3.05) is 0 Å². The number of allylic oxidation sites excluding steroid dienone is 1. The highest BCUT2D eigenvalue weighted by Crippen LogP contribution is 1.84. The van der Waals surface area contributed by atoms with Crippen LogP contribution >= 0.6 is 12.2 Å². The van der Waals surface area contributed by atoms with Crippen LogP contribution in [0.4, 0.5) is 0 Å². The van der Waals surface area contributed by atoms with Crippen LogP contribution in [0.1, 0.15) is 13.3 Å². The maximum atomic E-state index is 10.1. The molecular formula is C6H7NOS2. The van der Waals surface area contributed by atoms with Crippen molar-refractivity contribution >= 4 is 33.5 Å². The first-order valence-electron chi connectivity index (χ1n) is 2.65. The number of thiocarbonyl (C=S) groups is 1. The Bertz CT molecular complexity index is 222. The van der Waals surface area contributed by atoms with E-state index in [4.69, 9.17) is 0 Å². The Morgan fingerprint density at radius 3 is 3.10 bits per heavy atom. The number of rotatable bonds is 3. The molecule has 54 valence electrons. The lowest BCUT2D eigenvalue weighted by Gasteiger charge is -1.81. The number of aliphatic imine (C=N–C) groups is 1. The standard InChI is InChI=1S/C6H7NOS2/c1-6(10-8)3-2-4-7-5-9/h2,4H,3H2,1H3. The molecule has 0 N–H and O–H groups in total. The summed E-state index contributed by atoms with van der Waals surface area (Å²) in [6.07, 6.45) is 3.95. The molecule has 0 aliphatic carbocycles. The number of isothiocyanates is 1. The first-order valence-corrected chi connectivity index (χ1v) is 3.80. The van der Waals surface area contributed by atoms with Crippen LogP contribution in [-0.2, 0) is 11.3 Å². The predicted molar refractivity (Wildman–Crippen MR) is 47.6 cm³/mol. The lowest BCUT2D eigenvalue weighted by Crippen LogP contribution is -1.84. The Morgan fingerprint density at radius 1 is 1.90 bits per heavy atom. The Kier molecular flexibility index (Phi) is 6.18. The summed E-state index contributed by atoms with van der Waals surface area (Å²) in [6.45, 7) is 1.78. The van der Waals surface area contributed by atoms with Gasteiger partial charge in [-0.15, -0.1) is 0 Å². The summed E-state index contributed by atoms with van der Waals surface area (Å²) in [5.41, 5.74) is 0. The highest BCUT2D eigenvalue weighted by Gasteiger charge is 1.81. The predicted octanol–water partition coefficient (Wildman–Crippen LogP) is 1.40. The van der Waals surface area contributed by atoms with Crippen molar-refractivity contribution in [1.82, 2.24) is 0 Å². The molecule has 0 aromatic heterocycles. The van der Waals surface area contributed by atoms with E-state index in [0.717, 1.165) is 4.86 Å². The van der Waals surface area contributed by atoms with E-state index in [9.17, 15) is 4.21 Å². The van der Waals surface area contributed by atoms with Gasteiger partial charge in [-0.25, -0.2) is 9.20 Å². The van der Waals surface area contributed by atoms with E-state index in [2.05, 4.69) is 22.4 Å². The first kappa shape index (κ1) is 9.43. The lowest BCUT2D eigenvalue weighted by molar-refractivity contribution is 0.700. The average Bonchev–Trinajstić information content (AvgIpc) is 1.98. The average molecular weight is 173 g/mol. The van der Waals surface area contributed by atoms with Gasteiger partial charge >= 0.3 is 0 Å². The van der Waals surface area contributed by atoms with E-state index in [1.165, 1.54) is 6.20 Å². The Hall–Kier alpha value is -0.570. The topological polar surface area (TPSA) is 29.4 Å². The zero-order valence-electron chi connectivity index (χ0n) is 5.53. The molecule has 0 spiro atoms. The van der Waals surface area contributed by atoms with Gasteiger partial charge in [-0.05, 0) is 19.1 Å². The molecule has 4 heteroatoms. The van der Waals surface area contributed by atoms with Crippen molar-refractivity contribution in [3.8, 4) is 0 Å². The van der Waals surface area contributed by atoms with E-state index >= 15 is 0 Å². The molecule has 0 aliphatic rings. The second-order valence-corrected chi connectivity index (χ2v) is 2.64. The lowest BCUT2D eigenvalue weighted by atomic mass is 10.3. The molecule has 0 atom stereocenters. The van der Waals surface area contributed by atoms with Gasteiger partial charge in [0.05, 0.1) is 16.4 Å². The summed E-state index contributed by atoms with van der Waals surface area (Å²) in [6, 6.07) is 0. The third-order valence-electron chi connectivity index (χ3n) is 0.780. The summed E-state index contributed by atoms with van der Waals surface area (Å²) in [5.74, 6) is 0. The third-order valence-corrected chi connectivity index (χ3v) is 1.34. The van der Waals surface area contributed by atoms with Crippen molar-refractivity contribution in [3.05, 3.63) is 12.3 Å². The molecule has 0 aliphatic heterocycles. The van der Waals surface area contributed by atoms with Crippen LogP contribution in [0.3, 0.4) is 0 Å². The monoisotopic (exact) mass is 173 g/mol. The highest BCUT2D eigenvalue weighted by molar-refractivity contribution is 7.78. The van der Waals surface area contributed by atoms with Gasteiger partial charge in [0.15, 0.2) is 0 Å². The Balaban J connectivity index is 3.74. The van der Waals surface area contributed by atoms with E-state index in [1.807, 2.05) is 0 Å². The number of nitrogens with zero attached hydrogens (tertiary/aromatic N) is 1. The number of hydrogen-bond donors (Lipinski definition) is 0. The number of hydrogen-bond acceptors (Lipinski definition) is 3. The SMILES string of the molecule is CC(CC=CN=C=S)=S=O. The highest BCUT2D eigenvalue weighted by atomic mass is 32.1. The van der Waals surface area contributed by atoms with Crippen molar-refractivity contribution < 1.29 is 4.21 Å². The second-order valence-electron chi connectivity index (χ2n) is 1.59. The van der Waals surface area contributed by atoms with Crippen molar-refractivity contribution in [1.29, 1.82) is 0 Å². The third kappa shape index (κ3) is 5.56. The summed E-state index contributed by atoms with van der Waals surface area (Å²) in [7, 11) is 0. The van der Waals surface area contributed by atoms with E-state index in [1.54, 1.807) is 13.0 Å². The summed E-state index contributed by atoms with van der Waals surface area (Å²) in [5, 5.41) is 2.19. The summed E-state index contributed by atoms with van der Waals surface area (Å²) in [4.78, 5) is 4.35. The molecule has 0 rings (SSSR count). The molecule has 0 heterocycles. The van der Waals surface area contributed by atoms with Gasteiger partial charge in [0.2, 0.25) is 0 Å².